The smallest absolute Gasteiger partial charge is 0.316 e. The molecule has 0 radical (unpaired) electrons. The summed E-state index contributed by atoms with van der Waals surface area (Å²) in [6.45, 7) is 3.24. The van der Waals surface area contributed by atoms with Crippen LogP contribution in [0.2, 0.25) is 5.02 Å². The summed E-state index contributed by atoms with van der Waals surface area (Å²) in [4.78, 5) is 23.0. The van der Waals surface area contributed by atoms with E-state index in [2.05, 4.69) is 32.8 Å². The molecule has 2 heterocycles. The Hall–Kier alpha value is -1.66. The number of nitrogens with zero attached hydrogens (tertiary/aromatic N) is 3. The number of carbonyl (C=O) groups is 1. The minimum Gasteiger partial charge on any atom is -0.458 e. The van der Waals surface area contributed by atoms with Gasteiger partial charge in [0.2, 0.25) is 0 Å². The Labute approximate surface area is 160 Å². The summed E-state index contributed by atoms with van der Waals surface area (Å²) in [7, 11) is 0. The zero-order chi connectivity index (χ0) is 17.8. The molecule has 7 heteroatoms. The van der Waals surface area contributed by atoms with Crippen molar-refractivity contribution in [1.82, 2.24) is 14.9 Å². The molecule has 1 amide bonds. The number of carbonyl (C=O) groups excluding carboxylic acids is 1. The van der Waals surface area contributed by atoms with E-state index >= 15 is 0 Å². The molecule has 25 heavy (non-hydrogen) atoms. The maximum absolute atomic E-state index is 12.8. The van der Waals surface area contributed by atoms with Crippen LogP contribution in [0.4, 0.5) is 0 Å². The lowest BCUT2D eigenvalue weighted by atomic mass is 10.1. The summed E-state index contributed by atoms with van der Waals surface area (Å²) in [6.07, 6.45) is 6.06. The second-order valence-corrected chi connectivity index (χ2v) is 7.31. The normalized spacial score (nSPS) is 17.4. The lowest BCUT2D eigenvalue weighted by molar-refractivity contribution is 0.0516. The molecule has 1 unspecified atom stereocenters. The molecule has 1 fully saturated rings. The highest BCUT2D eigenvalue weighted by Gasteiger charge is 2.27. The Morgan fingerprint density at radius 3 is 2.88 bits per heavy atom. The first-order valence-corrected chi connectivity index (χ1v) is 9.46. The highest BCUT2D eigenvalue weighted by molar-refractivity contribution is 9.10. The van der Waals surface area contributed by atoms with E-state index in [-0.39, 0.29) is 12.0 Å². The zero-order valence-electron chi connectivity index (χ0n) is 13.9. The average Bonchev–Trinajstić information content (AvgIpc) is 2.64. The summed E-state index contributed by atoms with van der Waals surface area (Å²) in [5.74, 6) is -0.0816. The van der Waals surface area contributed by atoms with Gasteiger partial charge in [-0.1, -0.05) is 34.5 Å². The molecule has 2 aromatic rings. The van der Waals surface area contributed by atoms with Gasteiger partial charge in [0, 0.05) is 23.4 Å². The summed E-state index contributed by atoms with van der Waals surface area (Å²) in [5, 5.41) is 0.453. The predicted molar refractivity (Wildman–Crippen MR) is 100 cm³/mol. The number of benzene rings is 1. The molecule has 0 N–H and O–H groups in total. The fraction of sp³-hybridized carbons (Fsp3) is 0.389. The second kappa shape index (κ2) is 8.15. The standard InChI is InChI=1S/C18H19BrClN3O2/c1-2-12-9-21-18(22-10-12)25-14-4-3-7-23(11-14)17(24)15-8-13(19)5-6-16(15)20/h5-6,8-10,14H,2-4,7,11H2,1H3. The topological polar surface area (TPSA) is 55.3 Å². The van der Waals surface area contributed by atoms with E-state index in [9.17, 15) is 4.79 Å². The van der Waals surface area contributed by atoms with Gasteiger partial charge in [0.05, 0.1) is 17.1 Å². The second-order valence-electron chi connectivity index (χ2n) is 5.98. The fourth-order valence-corrected chi connectivity index (χ4v) is 3.35. The molecule has 3 rings (SSSR count). The molecule has 1 aromatic carbocycles. The van der Waals surface area contributed by atoms with Gasteiger partial charge in [0.1, 0.15) is 6.10 Å². The highest BCUT2D eigenvalue weighted by Crippen LogP contribution is 2.24. The molecule has 1 aliphatic heterocycles. The van der Waals surface area contributed by atoms with E-state index < -0.39 is 0 Å². The monoisotopic (exact) mass is 423 g/mol. The van der Waals surface area contributed by atoms with Gasteiger partial charge in [-0.05, 0) is 43.0 Å². The Morgan fingerprint density at radius 2 is 2.16 bits per heavy atom. The van der Waals surface area contributed by atoms with Crippen molar-refractivity contribution in [2.24, 2.45) is 0 Å². The van der Waals surface area contributed by atoms with Crippen LogP contribution in [0.1, 0.15) is 35.7 Å². The van der Waals surface area contributed by atoms with Gasteiger partial charge in [-0.2, -0.15) is 0 Å². The number of amides is 1. The molecule has 0 saturated carbocycles. The SMILES string of the molecule is CCc1cnc(OC2CCCN(C(=O)c3cc(Br)ccc3Cl)C2)nc1. The van der Waals surface area contributed by atoms with Crippen LogP contribution in [-0.4, -0.2) is 40.0 Å². The first kappa shape index (κ1) is 18.1. The third kappa shape index (κ3) is 4.50. The van der Waals surface area contributed by atoms with Crippen molar-refractivity contribution in [3.63, 3.8) is 0 Å². The van der Waals surface area contributed by atoms with Crippen LogP contribution in [0.3, 0.4) is 0 Å². The zero-order valence-corrected chi connectivity index (χ0v) is 16.3. The van der Waals surface area contributed by atoms with Crippen LogP contribution in [0.5, 0.6) is 6.01 Å². The number of hydrogen-bond donors (Lipinski definition) is 0. The summed E-state index contributed by atoms with van der Waals surface area (Å²) >= 11 is 9.57. The first-order valence-electron chi connectivity index (χ1n) is 8.28. The van der Waals surface area contributed by atoms with Crippen molar-refractivity contribution in [3.05, 3.63) is 51.2 Å². The molecule has 5 nitrogen and oxygen atoms in total. The Kier molecular flexibility index (Phi) is 5.91. The molecule has 132 valence electrons. The molecule has 1 atom stereocenters. The third-order valence-corrected chi connectivity index (χ3v) is 5.01. The largest absolute Gasteiger partial charge is 0.458 e. The minimum atomic E-state index is -0.115. The number of hydrogen-bond acceptors (Lipinski definition) is 4. The van der Waals surface area contributed by atoms with Gasteiger partial charge in [-0.15, -0.1) is 0 Å². The molecular weight excluding hydrogens is 406 g/mol. The van der Waals surface area contributed by atoms with Crippen molar-refractivity contribution >= 4 is 33.4 Å². The van der Waals surface area contributed by atoms with Crippen molar-refractivity contribution in [2.75, 3.05) is 13.1 Å². The van der Waals surface area contributed by atoms with Gasteiger partial charge >= 0.3 is 6.01 Å². The van der Waals surface area contributed by atoms with Crippen LogP contribution in [-0.2, 0) is 6.42 Å². The lowest BCUT2D eigenvalue weighted by Gasteiger charge is -2.32. The quantitative estimate of drug-likeness (QED) is 0.740. The summed E-state index contributed by atoms with van der Waals surface area (Å²) in [5.41, 5.74) is 1.57. The Balaban J connectivity index is 1.67. The average molecular weight is 425 g/mol. The Morgan fingerprint density at radius 1 is 1.40 bits per heavy atom. The Bertz CT molecular complexity index is 754. The number of aryl methyl sites for hydroxylation is 1. The predicted octanol–water partition coefficient (Wildman–Crippen LogP) is 4.14. The van der Waals surface area contributed by atoms with Crippen molar-refractivity contribution < 1.29 is 9.53 Å². The van der Waals surface area contributed by atoms with Crippen molar-refractivity contribution in [3.8, 4) is 6.01 Å². The molecule has 0 bridgehead atoms. The van der Waals surface area contributed by atoms with Gasteiger partial charge in [-0.25, -0.2) is 9.97 Å². The van der Waals surface area contributed by atoms with Gasteiger partial charge in [0.15, 0.2) is 0 Å². The van der Waals surface area contributed by atoms with Crippen LogP contribution in [0.25, 0.3) is 0 Å². The summed E-state index contributed by atoms with van der Waals surface area (Å²) < 4.78 is 6.69. The minimum absolute atomic E-state index is 0.0816. The van der Waals surface area contributed by atoms with E-state index in [1.807, 2.05) is 6.07 Å². The van der Waals surface area contributed by atoms with Crippen molar-refractivity contribution in [1.29, 1.82) is 0 Å². The maximum Gasteiger partial charge on any atom is 0.316 e. The van der Waals surface area contributed by atoms with Crippen LogP contribution in [0.15, 0.2) is 35.1 Å². The van der Waals surface area contributed by atoms with E-state index in [1.165, 1.54) is 0 Å². The van der Waals surface area contributed by atoms with Gasteiger partial charge in [-0.3, -0.25) is 4.79 Å². The number of ether oxygens (including phenoxy) is 1. The van der Waals surface area contributed by atoms with Gasteiger partial charge in [0.25, 0.3) is 5.91 Å². The third-order valence-electron chi connectivity index (χ3n) is 4.19. The molecule has 1 saturated heterocycles. The van der Waals surface area contributed by atoms with E-state index in [1.54, 1.807) is 29.4 Å². The van der Waals surface area contributed by atoms with E-state index in [4.69, 9.17) is 16.3 Å². The van der Waals surface area contributed by atoms with Gasteiger partial charge < -0.3 is 9.64 Å². The molecular formula is C18H19BrClN3O2. The van der Waals surface area contributed by atoms with Crippen molar-refractivity contribution in [2.45, 2.75) is 32.3 Å². The molecule has 0 spiro atoms. The number of aromatic nitrogens is 2. The fourth-order valence-electron chi connectivity index (χ4n) is 2.79. The highest BCUT2D eigenvalue weighted by atomic mass is 79.9. The van der Waals surface area contributed by atoms with Crippen LogP contribution >= 0.6 is 27.5 Å². The lowest BCUT2D eigenvalue weighted by Crippen LogP contribution is -2.44. The summed E-state index contributed by atoms with van der Waals surface area (Å²) in [6, 6.07) is 5.65. The number of likely N-dealkylation sites (tertiary alicyclic amines) is 1. The molecule has 1 aliphatic rings. The number of rotatable bonds is 4. The molecule has 1 aromatic heterocycles. The van der Waals surface area contributed by atoms with E-state index in [0.29, 0.717) is 29.7 Å². The molecule has 0 aliphatic carbocycles. The number of piperidine rings is 1. The van der Waals surface area contributed by atoms with Crippen LogP contribution < -0.4 is 4.74 Å². The van der Waals surface area contributed by atoms with E-state index in [0.717, 1.165) is 29.3 Å². The first-order chi connectivity index (χ1) is 12.1. The van der Waals surface area contributed by atoms with Crippen LogP contribution in [0, 0.1) is 0 Å². The number of halogens is 2. The maximum atomic E-state index is 12.8.